The molecule has 0 bridgehead atoms. The minimum atomic E-state index is 0.829. The maximum atomic E-state index is 4.73. The summed E-state index contributed by atoms with van der Waals surface area (Å²) in [5.74, 6) is 2.16. The van der Waals surface area contributed by atoms with Crippen LogP contribution in [0.15, 0.2) is 0 Å². The lowest BCUT2D eigenvalue weighted by atomic mass is 10.0. The zero-order chi connectivity index (χ0) is 9.54. The Morgan fingerprint density at radius 2 is 2.36 bits per heavy atom. The van der Waals surface area contributed by atoms with Gasteiger partial charge in [0.15, 0.2) is 0 Å². The summed E-state index contributed by atoms with van der Waals surface area (Å²) in [7, 11) is 0. The molecule has 1 aromatic rings. The third kappa shape index (κ3) is 1.19. The molecule has 1 N–H and O–H groups in total. The molecule has 3 heterocycles. The first-order valence-electron chi connectivity index (χ1n) is 5.62. The summed E-state index contributed by atoms with van der Waals surface area (Å²) in [4.78, 5) is 4.73. The molecule has 3 nitrogen and oxygen atoms in total. The van der Waals surface area contributed by atoms with Gasteiger partial charge < -0.3 is 9.88 Å². The van der Waals surface area contributed by atoms with E-state index >= 15 is 0 Å². The Morgan fingerprint density at radius 3 is 3.29 bits per heavy atom. The lowest BCUT2D eigenvalue weighted by molar-refractivity contribution is 0.385. The van der Waals surface area contributed by atoms with E-state index in [1.165, 1.54) is 36.6 Å². The normalized spacial score (nSPS) is 25.6. The third-order valence-electron chi connectivity index (χ3n) is 3.42. The molecule has 0 radical (unpaired) electrons. The molecule has 14 heavy (non-hydrogen) atoms. The van der Waals surface area contributed by atoms with Crippen LogP contribution in [0.3, 0.4) is 0 Å². The quantitative estimate of drug-likeness (QED) is 0.666. The second kappa shape index (κ2) is 3.09. The van der Waals surface area contributed by atoms with Crippen LogP contribution in [0, 0.1) is 5.92 Å². The van der Waals surface area contributed by atoms with Gasteiger partial charge in [-0.25, -0.2) is 4.98 Å². The molecule has 76 valence electrons. The van der Waals surface area contributed by atoms with Crippen molar-refractivity contribution >= 4 is 0 Å². The van der Waals surface area contributed by atoms with E-state index in [0.29, 0.717) is 0 Å². The molecule has 0 saturated carbocycles. The number of imidazole rings is 1. The van der Waals surface area contributed by atoms with Gasteiger partial charge in [0.2, 0.25) is 0 Å². The number of nitrogens with one attached hydrogen (secondary N) is 1. The Labute approximate surface area is 84.5 Å². The van der Waals surface area contributed by atoms with Gasteiger partial charge in [-0.2, -0.15) is 0 Å². The van der Waals surface area contributed by atoms with E-state index in [0.717, 1.165) is 25.4 Å². The summed E-state index contributed by atoms with van der Waals surface area (Å²) < 4.78 is 2.48. The van der Waals surface area contributed by atoms with Gasteiger partial charge in [0.25, 0.3) is 0 Å². The highest BCUT2D eigenvalue weighted by molar-refractivity contribution is 5.21. The largest absolute Gasteiger partial charge is 0.331 e. The summed E-state index contributed by atoms with van der Waals surface area (Å²) >= 11 is 0. The van der Waals surface area contributed by atoms with Gasteiger partial charge >= 0.3 is 0 Å². The summed E-state index contributed by atoms with van der Waals surface area (Å²) in [6, 6.07) is 0. The predicted molar refractivity (Wildman–Crippen MR) is 55.1 cm³/mol. The Balaban J connectivity index is 2.05. The summed E-state index contributed by atoms with van der Waals surface area (Å²) in [6.07, 6.45) is 3.65. The van der Waals surface area contributed by atoms with Crippen molar-refractivity contribution in [3.05, 3.63) is 17.2 Å². The first kappa shape index (κ1) is 8.48. The van der Waals surface area contributed by atoms with Crippen molar-refractivity contribution in [2.75, 3.05) is 6.54 Å². The first-order valence-corrected chi connectivity index (χ1v) is 5.62. The fourth-order valence-corrected chi connectivity index (χ4v) is 2.61. The van der Waals surface area contributed by atoms with Crippen molar-refractivity contribution in [2.24, 2.45) is 5.92 Å². The van der Waals surface area contributed by atoms with Gasteiger partial charge in [-0.1, -0.05) is 6.92 Å². The summed E-state index contributed by atoms with van der Waals surface area (Å²) in [5, 5.41) is 3.39. The van der Waals surface area contributed by atoms with Crippen molar-refractivity contribution < 1.29 is 0 Å². The van der Waals surface area contributed by atoms with Crippen molar-refractivity contribution in [1.82, 2.24) is 14.9 Å². The van der Waals surface area contributed by atoms with E-state index < -0.39 is 0 Å². The van der Waals surface area contributed by atoms with E-state index in [9.17, 15) is 0 Å². The number of fused-ring (bicyclic) bond motifs is 3. The van der Waals surface area contributed by atoms with E-state index in [-0.39, 0.29) is 0 Å². The Kier molecular flexibility index (Phi) is 1.87. The van der Waals surface area contributed by atoms with Crippen LogP contribution in [-0.2, 0) is 25.9 Å². The zero-order valence-electron chi connectivity index (χ0n) is 8.71. The lowest BCUT2D eigenvalue weighted by Crippen LogP contribution is -2.26. The molecule has 0 amide bonds. The highest BCUT2D eigenvalue weighted by Gasteiger charge is 2.23. The average Bonchev–Trinajstić information content (AvgIpc) is 2.56. The molecular formula is C11H17N3. The number of aromatic nitrogens is 2. The molecule has 3 heteroatoms. The molecule has 2 aliphatic heterocycles. The lowest BCUT2D eigenvalue weighted by Gasteiger charge is -2.23. The van der Waals surface area contributed by atoms with Crippen molar-refractivity contribution in [3.63, 3.8) is 0 Å². The maximum absolute atomic E-state index is 4.73. The molecule has 1 atom stereocenters. The maximum Gasteiger partial charge on any atom is 0.109 e. The Bertz CT molecular complexity index is 354. The third-order valence-corrected chi connectivity index (χ3v) is 3.42. The highest BCUT2D eigenvalue weighted by Crippen LogP contribution is 2.24. The standard InChI is InChI=1S/C11H17N3/c1-8-2-3-11-13-9-6-12-5-4-10(9)14(11)7-8/h8,12H,2-7H2,1H3. The van der Waals surface area contributed by atoms with Crippen LogP contribution in [0.25, 0.3) is 0 Å². The molecule has 2 aliphatic rings. The minimum absolute atomic E-state index is 0.829. The SMILES string of the molecule is CC1CCc2nc3c(n2C1)CCNC3. The number of rotatable bonds is 0. The van der Waals surface area contributed by atoms with E-state index in [4.69, 9.17) is 4.98 Å². The molecule has 0 aliphatic carbocycles. The summed E-state index contributed by atoms with van der Waals surface area (Å²) in [5.41, 5.74) is 2.81. The van der Waals surface area contributed by atoms with Crippen LogP contribution in [-0.4, -0.2) is 16.1 Å². The minimum Gasteiger partial charge on any atom is -0.331 e. The van der Waals surface area contributed by atoms with Crippen molar-refractivity contribution in [3.8, 4) is 0 Å². The zero-order valence-corrected chi connectivity index (χ0v) is 8.71. The first-order chi connectivity index (χ1) is 6.84. The van der Waals surface area contributed by atoms with Crippen LogP contribution in [0.5, 0.6) is 0 Å². The van der Waals surface area contributed by atoms with Gasteiger partial charge in [0.1, 0.15) is 5.82 Å². The molecule has 0 saturated heterocycles. The van der Waals surface area contributed by atoms with Gasteiger partial charge in [-0.3, -0.25) is 0 Å². The summed E-state index contributed by atoms with van der Waals surface area (Å²) in [6.45, 7) is 5.63. The number of hydrogen-bond donors (Lipinski definition) is 1. The van der Waals surface area contributed by atoms with Crippen LogP contribution in [0.1, 0.15) is 30.6 Å². The van der Waals surface area contributed by atoms with Gasteiger partial charge in [0.05, 0.1) is 5.69 Å². The van der Waals surface area contributed by atoms with E-state index in [2.05, 4.69) is 16.8 Å². The Morgan fingerprint density at radius 1 is 1.43 bits per heavy atom. The number of aryl methyl sites for hydroxylation is 1. The topological polar surface area (TPSA) is 29.9 Å². The molecule has 3 rings (SSSR count). The molecule has 0 spiro atoms. The fourth-order valence-electron chi connectivity index (χ4n) is 2.61. The fraction of sp³-hybridized carbons (Fsp3) is 0.727. The molecule has 0 aromatic carbocycles. The number of nitrogens with zero attached hydrogens (tertiary/aromatic N) is 2. The van der Waals surface area contributed by atoms with Crippen LogP contribution in [0.2, 0.25) is 0 Å². The average molecular weight is 191 g/mol. The smallest absolute Gasteiger partial charge is 0.109 e. The second-order valence-corrected chi connectivity index (χ2v) is 4.60. The Hall–Kier alpha value is -0.830. The van der Waals surface area contributed by atoms with E-state index in [1.807, 2.05) is 0 Å². The van der Waals surface area contributed by atoms with Crippen molar-refractivity contribution in [2.45, 2.75) is 39.3 Å². The van der Waals surface area contributed by atoms with Gasteiger partial charge in [-0.15, -0.1) is 0 Å². The highest BCUT2D eigenvalue weighted by atomic mass is 15.1. The second-order valence-electron chi connectivity index (χ2n) is 4.60. The van der Waals surface area contributed by atoms with E-state index in [1.54, 1.807) is 0 Å². The van der Waals surface area contributed by atoms with Crippen LogP contribution < -0.4 is 5.32 Å². The van der Waals surface area contributed by atoms with Crippen LogP contribution in [0.4, 0.5) is 0 Å². The van der Waals surface area contributed by atoms with Crippen LogP contribution >= 0.6 is 0 Å². The number of hydrogen-bond acceptors (Lipinski definition) is 2. The predicted octanol–water partition coefficient (Wildman–Crippen LogP) is 1.11. The molecule has 1 aromatic heterocycles. The molecule has 0 fully saturated rings. The molecular weight excluding hydrogens is 174 g/mol. The van der Waals surface area contributed by atoms with Gasteiger partial charge in [-0.05, 0) is 12.3 Å². The van der Waals surface area contributed by atoms with Gasteiger partial charge in [0, 0.05) is 38.2 Å². The monoisotopic (exact) mass is 191 g/mol. The van der Waals surface area contributed by atoms with Crippen molar-refractivity contribution in [1.29, 1.82) is 0 Å². The molecule has 1 unspecified atom stereocenters.